The normalized spacial score (nSPS) is 40.3. The van der Waals surface area contributed by atoms with Crippen molar-refractivity contribution in [2.45, 2.75) is 31.0 Å². The van der Waals surface area contributed by atoms with Crippen LogP contribution in [0.3, 0.4) is 0 Å². The number of nitrogens with two attached hydrogens (primary N) is 1. The Morgan fingerprint density at radius 3 is 2.87 bits per heavy atom. The number of halogens is 1. The number of amides is 1. The van der Waals surface area contributed by atoms with Gasteiger partial charge in [0, 0.05) is 6.54 Å². The topological polar surface area (TPSA) is 72.6 Å². The number of cyclic esters (lactones) is 1. The Bertz CT molecular complexity index is 335. The standard InChI is InChI=1S/C9H13BrN2O3/c1-8(5-10)6(13)12-4-2-3-9(12,11)7(14)15-8/h2-5,11H2,1H3/t8-,9+/m0/s1. The third kappa shape index (κ3) is 1.31. The van der Waals surface area contributed by atoms with Gasteiger partial charge in [-0.25, -0.2) is 4.79 Å². The lowest BCUT2D eigenvalue weighted by atomic mass is 10.00. The van der Waals surface area contributed by atoms with Crippen LogP contribution in [0.1, 0.15) is 19.8 Å². The molecule has 84 valence electrons. The van der Waals surface area contributed by atoms with Crippen LogP contribution < -0.4 is 5.73 Å². The maximum absolute atomic E-state index is 12.0. The van der Waals surface area contributed by atoms with E-state index in [9.17, 15) is 9.59 Å². The number of hydrogen-bond donors (Lipinski definition) is 1. The molecule has 2 atom stereocenters. The molecule has 0 aromatic carbocycles. The van der Waals surface area contributed by atoms with Crippen molar-refractivity contribution in [3.8, 4) is 0 Å². The van der Waals surface area contributed by atoms with Gasteiger partial charge in [-0.3, -0.25) is 10.5 Å². The number of ether oxygens (including phenoxy) is 1. The minimum atomic E-state index is -1.22. The molecular weight excluding hydrogens is 264 g/mol. The van der Waals surface area contributed by atoms with Gasteiger partial charge in [0.15, 0.2) is 11.3 Å². The van der Waals surface area contributed by atoms with Crippen LogP contribution in [0.25, 0.3) is 0 Å². The molecule has 15 heavy (non-hydrogen) atoms. The van der Waals surface area contributed by atoms with Gasteiger partial charge >= 0.3 is 5.97 Å². The van der Waals surface area contributed by atoms with Gasteiger partial charge in [0.1, 0.15) is 0 Å². The van der Waals surface area contributed by atoms with Crippen LogP contribution in [-0.2, 0) is 14.3 Å². The number of carbonyl (C=O) groups excluding carboxylic acids is 2. The molecular formula is C9H13BrN2O3. The zero-order chi connectivity index (χ0) is 11.3. The molecule has 2 heterocycles. The van der Waals surface area contributed by atoms with Crippen LogP contribution in [0.2, 0.25) is 0 Å². The van der Waals surface area contributed by atoms with E-state index in [0.29, 0.717) is 13.0 Å². The van der Waals surface area contributed by atoms with Crippen LogP contribution >= 0.6 is 15.9 Å². The van der Waals surface area contributed by atoms with Crippen LogP contribution in [0.5, 0.6) is 0 Å². The van der Waals surface area contributed by atoms with Crippen LogP contribution in [0.15, 0.2) is 0 Å². The Balaban J connectivity index is 2.38. The summed E-state index contributed by atoms with van der Waals surface area (Å²) in [6.07, 6.45) is 1.23. The molecule has 2 saturated heterocycles. The zero-order valence-corrected chi connectivity index (χ0v) is 10.0. The van der Waals surface area contributed by atoms with E-state index in [-0.39, 0.29) is 11.2 Å². The number of esters is 1. The molecule has 6 heteroatoms. The molecule has 0 aromatic rings. The Labute approximate surface area is 96.1 Å². The molecule has 0 unspecified atom stereocenters. The molecule has 0 radical (unpaired) electrons. The third-order valence-electron chi connectivity index (χ3n) is 3.05. The van der Waals surface area contributed by atoms with Crippen molar-refractivity contribution in [3.63, 3.8) is 0 Å². The van der Waals surface area contributed by atoms with Gasteiger partial charge in [-0.15, -0.1) is 0 Å². The lowest BCUT2D eigenvalue weighted by Crippen LogP contribution is -2.70. The molecule has 2 aliphatic heterocycles. The van der Waals surface area contributed by atoms with E-state index in [1.54, 1.807) is 6.92 Å². The van der Waals surface area contributed by atoms with Gasteiger partial charge in [-0.2, -0.15) is 0 Å². The van der Waals surface area contributed by atoms with Crippen molar-refractivity contribution < 1.29 is 14.3 Å². The summed E-state index contributed by atoms with van der Waals surface area (Å²) in [5, 5.41) is 0.289. The highest BCUT2D eigenvalue weighted by molar-refractivity contribution is 9.09. The van der Waals surface area contributed by atoms with Crippen molar-refractivity contribution in [3.05, 3.63) is 0 Å². The number of hydrogen-bond acceptors (Lipinski definition) is 4. The van der Waals surface area contributed by atoms with Gasteiger partial charge in [-0.05, 0) is 19.8 Å². The van der Waals surface area contributed by atoms with Crippen molar-refractivity contribution in [2.24, 2.45) is 5.73 Å². The summed E-state index contributed by atoms with van der Waals surface area (Å²) in [6, 6.07) is 0. The van der Waals surface area contributed by atoms with Crippen LogP contribution in [-0.4, -0.2) is 39.9 Å². The molecule has 0 spiro atoms. The first-order valence-electron chi connectivity index (χ1n) is 4.84. The zero-order valence-electron chi connectivity index (χ0n) is 8.46. The minimum Gasteiger partial charge on any atom is -0.446 e. The van der Waals surface area contributed by atoms with Gasteiger partial charge in [0.2, 0.25) is 0 Å². The summed E-state index contributed by atoms with van der Waals surface area (Å²) in [6.45, 7) is 2.13. The lowest BCUT2D eigenvalue weighted by molar-refractivity contribution is -0.194. The van der Waals surface area contributed by atoms with Crippen molar-refractivity contribution in [1.29, 1.82) is 0 Å². The lowest BCUT2D eigenvalue weighted by Gasteiger charge is -2.44. The average Bonchev–Trinajstić information content (AvgIpc) is 2.59. The Kier molecular flexibility index (Phi) is 2.31. The van der Waals surface area contributed by atoms with Gasteiger partial charge < -0.3 is 9.64 Å². The van der Waals surface area contributed by atoms with E-state index < -0.39 is 17.2 Å². The first-order chi connectivity index (χ1) is 6.94. The first-order valence-corrected chi connectivity index (χ1v) is 5.96. The third-order valence-corrected chi connectivity index (χ3v) is 4.12. The second-order valence-corrected chi connectivity index (χ2v) is 4.80. The largest absolute Gasteiger partial charge is 0.446 e. The van der Waals surface area contributed by atoms with E-state index in [1.807, 2.05) is 0 Å². The van der Waals surface area contributed by atoms with E-state index in [4.69, 9.17) is 10.5 Å². The van der Waals surface area contributed by atoms with Crippen LogP contribution in [0, 0.1) is 0 Å². The van der Waals surface area contributed by atoms with Crippen molar-refractivity contribution >= 4 is 27.8 Å². The van der Waals surface area contributed by atoms with Gasteiger partial charge in [-0.1, -0.05) is 15.9 Å². The molecule has 5 nitrogen and oxygen atoms in total. The highest BCUT2D eigenvalue weighted by Gasteiger charge is 2.58. The van der Waals surface area contributed by atoms with E-state index in [2.05, 4.69) is 15.9 Å². The van der Waals surface area contributed by atoms with Crippen molar-refractivity contribution in [2.75, 3.05) is 11.9 Å². The molecule has 2 N–H and O–H groups in total. The van der Waals surface area contributed by atoms with Gasteiger partial charge in [0.25, 0.3) is 5.91 Å². The minimum absolute atomic E-state index is 0.209. The molecule has 0 saturated carbocycles. The smallest absolute Gasteiger partial charge is 0.348 e. The second-order valence-electron chi connectivity index (χ2n) is 4.24. The Morgan fingerprint density at radius 2 is 2.27 bits per heavy atom. The van der Waals surface area contributed by atoms with Gasteiger partial charge in [0.05, 0.1) is 5.33 Å². The number of nitrogens with zero attached hydrogens (tertiary/aromatic N) is 1. The predicted octanol–water partition coefficient (Wildman–Crippen LogP) is -0.0258. The maximum atomic E-state index is 12.0. The molecule has 0 aromatic heterocycles. The second kappa shape index (κ2) is 3.18. The molecule has 0 aliphatic carbocycles. The quantitative estimate of drug-likeness (QED) is 0.540. The summed E-state index contributed by atoms with van der Waals surface area (Å²) >= 11 is 3.18. The van der Waals surface area contributed by atoms with E-state index >= 15 is 0 Å². The average molecular weight is 277 g/mol. The number of fused-ring (bicyclic) bond motifs is 1. The maximum Gasteiger partial charge on any atom is 0.348 e. The fourth-order valence-electron chi connectivity index (χ4n) is 2.04. The SMILES string of the molecule is C[C@@]1(CBr)OC(=O)[C@@]2(N)CCCN2C1=O. The summed E-state index contributed by atoms with van der Waals surface area (Å²) in [5.74, 6) is -0.708. The highest BCUT2D eigenvalue weighted by atomic mass is 79.9. The van der Waals surface area contributed by atoms with Crippen molar-refractivity contribution in [1.82, 2.24) is 4.90 Å². The predicted molar refractivity (Wildman–Crippen MR) is 56.2 cm³/mol. The molecule has 1 amide bonds. The number of morpholine rings is 1. The Morgan fingerprint density at radius 1 is 1.60 bits per heavy atom. The Hall–Kier alpha value is -0.620. The summed E-state index contributed by atoms with van der Waals surface area (Å²) < 4.78 is 5.15. The summed E-state index contributed by atoms with van der Waals surface area (Å²) in [7, 11) is 0. The number of carbonyl (C=O) groups is 2. The first kappa shape index (κ1) is 10.9. The van der Waals surface area contributed by atoms with E-state index in [1.165, 1.54) is 4.90 Å². The van der Waals surface area contributed by atoms with E-state index in [0.717, 1.165) is 6.42 Å². The van der Waals surface area contributed by atoms with Crippen LogP contribution in [0.4, 0.5) is 0 Å². The molecule has 2 fully saturated rings. The number of alkyl halides is 1. The molecule has 2 rings (SSSR count). The number of rotatable bonds is 1. The fraction of sp³-hybridized carbons (Fsp3) is 0.778. The molecule has 0 bridgehead atoms. The monoisotopic (exact) mass is 276 g/mol. The summed E-state index contributed by atoms with van der Waals surface area (Å²) in [5.41, 5.74) is 3.56. The molecule has 2 aliphatic rings. The highest BCUT2D eigenvalue weighted by Crippen LogP contribution is 2.35. The fourth-order valence-corrected chi connectivity index (χ4v) is 2.40. The summed E-state index contributed by atoms with van der Waals surface area (Å²) in [4.78, 5) is 25.2.